The van der Waals surface area contributed by atoms with E-state index in [1.165, 1.54) is 0 Å². The lowest BCUT2D eigenvalue weighted by molar-refractivity contribution is 0.263. The fourth-order valence-corrected chi connectivity index (χ4v) is 2.42. The zero-order chi connectivity index (χ0) is 13.7. The molecule has 0 heterocycles. The summed E-state index contributed by atoms with van der Waals surface area (Å²) in [6, 6.07) is 5.91. The molecule has 0 amide bonds. The van der Waals surface area contributed by atoms with Crippen molar-refractivity contribution in [3.05, 3.63) is 33.3 Å². The Labute approximate surface area is 122 Å². The SMILES string of the molecule is CCN(Cc1ccc(Br)cc1Cl)CC(C)C(=N)N. The van der Waals surface area contributed by atoms with Crippen molar-refractivity contribution in [2.75, 3.05) is 13.1 Å². The van der Waals surface area contributed by atoms with E-state index in [4.69, 9.17) is 22.7 Å². The van der Waals surface area contributed by atoms with Crippen LogP contribution in [0.2, 0.25) is 5.02 Å². The highest BCUT2D eigenvalue weighted by atomic mass is 79.9. The summed E-state index contributed by atoms with van der Waals surface area (Å²) >= 11 is 9.60. The smallest absolute Gasteiger partial charge is 0.0947 e. The molecule has 100 valence electrons. The molecule has 1 aromatic carbocycles. The molecule has 0 bridgehead atoms. The molecule has 1 rings (SSSR count). The number of halogens is 2. The van der Waals surface area contributed by atoms with Gasteiger partial charge in [-0.2, -0.15) is 0 Å². The van der Waals surface area contributed by atoms with Crippen LogP contribution in [0.15, 0.2) is 22.7 Å². The monoisotopic (exact) mass is 331 g/mol. The number of rotatable bonds is 6. The van der Waals surface area contributed by atoms with E-state index in [9.17, 15) is 0 Å². The lowest BCUT2D eigenvalue weighted by atomic mass is 10.1. The average Bonchev–Trinajstić information content (AvgIpc) is 2.31. The van der Waals surface area contributed by atoms with Gasteiger partial charge in [0.05, 0.1) is 5.84 Å². The Morgan fingerprint density at radius 2 is 2.22 bits per heavy atom. The molecule has 1 aromatic rings. The molecular formula is C13H19BrClN3. The van der Waals surface area contributed by atoms with Gasteiger partial charge in [-0.15, -0.1) is 0 Å². The van der Waals surface area contributed by atoms with E-state index >= 15 is 0 Å². The van der Waals surface area contributed by atoms with Crippen molar-refractivity contribution in [3.63, 3.8) is 0 Å². The summed E-state index contributed by atoms with van der Waals surface area (Å²) in [5, 5.41) is 8.20. The van der Waals surface area contributed by atoms with Crippen LogP contribution in [0.3, 0.4) is 0 Å². The minimum Gasteiger partial charge on any atom is -0.387 e. The third-order valence-corrected chi connectivity index (χ3v) is 3.76. The van der Waals surface area contributed by atoms with E-state index in [1.54, 1.807) is 0 Å². The summed E-state index contributed by atoms with van der Waals surface area (Å²) < 4.78 is 0.983. The maximum atomic E-state index is 7.44. The van der Waals surface area contributed by atoms with Gasteiger partial charge in [0.25, 0.3) is 0 Å². The second kappa shape index (κ2) is 7.12. The molecule has 5 heteroatoms. The van der Waals surface area contributed by atoms with Gasteiger partial charge in [-0.3, -0.25) is 10.3 Å². The number of amidine groups is 1. The van der Waals surface area contributed by atoms with Crippen LogP contribution in [0.4, 0.5) is 0 Å². The highest BCUT2D eigenvalue weighted by Crippen LogP contribution is 2.22. The molecule has 1 atom stereocenters. The molecular weight excluding hydrogens is 314 g/mol. The van der Waals surface area contributed by atoms with E-state index in [-0.39, 0.29) is 11.8 Å². The van der Waals surface area contributed by atoms with Crippen LogP contribution in [0.25, 0.3) is 0 Å². The summed E-state index contributed by atoms with van der Waals surface area (Å²) in [6.07, 6.45) is 0. The van der Waals surface area contributed by atoms with Crippen molar-refractivity contribution in [1.29, 1.82) is 5.41 Å². The molecule has 3 nitrogen and oxygen atoms in total. The Hall–Kier alpha value is -0.580. The van der Waals surface area contributed by atoms with E-state index in [0.717, 1.165) is 34.7 Å². The van der Waals surface area contributed by atoms with Gasteiger partial charge in [0.1, 0.15) is 0 Å². The lowest BCUT2D eigenvalue weighted by Gasteiger charge is -2.24. The molecule has 0 radical (unpaired) electrons. The molecule has 0 aromatic heterocycles. The number of nitrogens with one attached hydrogen (secondary N) is 1. The zero-order valence-corrected chi connectivity index (χ0v) is 13.1. The second-order valence-electron chi connectivity index (χ2n) is 4.42. The number of nitrogens with two attached hydrogens (primary N) is 1. The Morgan fingerprint density at radius 1 is 1.56 bits per heavy atom. The van der Waals surface area contributed by atoms with Crippen LogP contribution >= 0.6 is 27.5 Å². The van der Waals surface area contributed by atoms with Crippen LogP contribution in [0, 0.1) is 11.3 Å². The largest absolute Gasteiger partial charge is 0.387 e. The molecule has 0 saturated heterocycles. The van der Waals surface area contributed by atoms with Gasteiger partial charge in [0.15, 0.2) is 0 Å². The minimum absolute atomic E-state index is 0.0687. The molecule has 0 aliphatic rings. The number of nitrogens with zero attached hydrogens (tertiary/aromatic N) is 1. The van der Waals surface area contributed by atoms with Crippen molar-refractivity contribution in [2.45, 2.75) is 20.4 Å². The Morgan fingerprint density at radius 3 is 2.72 bits per heavy atom. The van der Waals surface area contributed by atoms with E-state index in [1.807, 2.05) is 25.1 Å². The fourth-order valence-electron chi connectivity index (χ4n) is 1.68. The van der Waals surface area contributed by atoms with Gasteiger partial charge in [-0.1, -0.05) is 47.4 Å². The minimum atomic E-state index is 0.0687. The first-order valence-electron chi connectivity index (χ1n) is 5.94. The lowest BCUT2D eigenvalue weighted by Crippen LogP contribution is -2.34. The highest BCUT2D eigenvalue weighted by molar-refractivity contribution is 9.10. The predicted molar refractivity (Wildman–Crippen MR) is 81.2 cm³/mol. The van der Waals surface area contributed by atoms with Crippen LogP contribution in [0.5, 0.6) is 0 Å². The third kappa shape index (κ3) is 4.59. The topological polar surface area (TPSA) is 53.1 Å². The Balaban J connectivity index is 2.70. The Kier molecular flexibility index (Phi) is 6.12. The molecule has 0 saturated carbocycles. The third-order valence-electron chi connectivity index (χ3n) is 2.92. The Bertz CT molecular complexity index is 423. The molecule has 0 spiro atoms. The van der Waals surface area contributed by atoms with Gasteiger partial charge in [0.2, 0.25) is 0 Å². The van der Waals surface area contributed by atoms with Gasteiger partial charge in [-0.05, 0) is 24.2 Å². The fraction of sp³-hybridized carbons (Fsp3) is 0.462. The average molecular weight is 333 g/mol. The first kappa shape index (κ1) is 15.5. The first-order chi connectivity index (χ1) is 8.43. The van der Waals surface area contributed by atoms with Crippen LogP contribution < -0.4 is 5.73 Å². The normalized spacial score (nSPS) is 12.7. The van der Waals surface area contributed by atoms with Crippen molar-refractivity contribution in [1.82, 2.24) is 4.90 Å². The highest BCUT2D eigenvalue weighted by Gasteiger charge is 2.12. The van der Waals surface area contributed by atoms with Crippen LogP contribution in [-0.2, 0) is 6.54 Å². The first-order valence-corrected chi connectivity index (χ1v) is 7.11. The van der Waals surface area contributed by atoms with E-state index in [2.05, 4.69) is 27.8 Å². The molecule has 0 aliphatic heterocycles. The van der Waals surface area contributed by atoms with Gasteiger partial charge in [-0.25, -0.2) is 0 Å². The van der Waals surface area contributed by atoms with E-state index < -0.39 is 0 Å². The molecule has 0 aliphatic carbocycles. The van der Waals surface area contributed by atoms with Crippen LogP contribution in [0.1, 0.15) is 19.4 Å². The summed E-state index contributed by atoms with van der Waals surface area (Å²) in [5.74, 6) is 0.300. The molecule has 0 fully saturated rings. The van der Waals surface area contributed by atoms with Crippen molar-refractivity contribution in [2.24, 2.45) is 11.7 Å². The van der Waals surface area contributed by atoms with Gasteiger partial charge < -0.3 is 5.73 Å². The predicted octanol–water partition coefficient (Wildman–Crippen LogP) is 3.50. The molecule has 1 unspecified atom stereocenters. The maximum absolute atomic E-state index is 7.44. The summed E-state index contributed by atoms with van der Waals surface area (Å²) in [4.78, 5) is 2.24. The van der Waals surface area contributed by atoms with Gasteiger partial charge >= 0.3 is 0 Å². The number of hydrogen-bond donors (Lipinski definition) is 2. The van der Waals surface area contributed by atoms with Gasteiger partial charge in [0, 0.05) is 28.5 Å². The molecule has 3 N–H and O–H groups in total. The van der Waals surface area contributed by atoms with Crippen molar-refractivity contribution >= 4 is 33.4 Å². The number of benzene rings is 1. The van der Waals surface area contributed by atoms with Crippen molar-refractivity contribution in [3.8, 4) is 0 Å². The van der Waals surface area contributed by atoms with Crippen molar-refractivity contribution < 1.29 is 0 Å². The number of hydrogen-bond acceptors (Lipinski definition) is 2. The standard InChI is InChI=1S/C13H19BrClN3/c1-3-18(7-9(2)13(16)17)8-10-4-5-11(14)6-12(10)15/h4-6,9H,3,7-8H2,1-2H3,(H3,16,17). The second-order valence-corrected chi connectivity index (χ2v) is 5.74. The van der Waals surface area contributed by atoms with Crippen LogP contribution in [-0.4, -0.2) is 23.8 Å². The summed E-state index contributed by atoms with van der Waals surface area (Å²) in [5.41, 5.74) is 6.60. The summed E-state index contributed by atoms with van der Waals surface area (Å²) in [7, 11) is 0. The zero-order valence-electron chi connectivity index (χ0n) is 10.7. The maximum Gasteiger partial charge on any atom is 0.0947 e. The van der Waals surface area contributed by atoms with E-state index in [0.29, 0.717) is 0 Å². The summed E-state index contributed by atoms with van der Waals surface area (Å²) in [6.45, 7) is 6.52. The quantitative estimate of drug-likeness (QED) is 0.619. The molecule has 18 heavy (non-hydrogen) atoms.